The van der Waals surface area contributed by atoms with Crippen LogP contribution in [0.25, 0.3) is 0 Å². The van der Waals surface area contributed by atoms with E-state index >= 15 is 0 Å². The average molecular weight is 263 g/mol. The van der Waals surface area contributed by atoms with Crippen LogP contribution in [0.1, 0.15) is 6.92 Å². The molecule has 1 amide bonds. The van der Waals surface area contributed by atoms with Gasteiger partial charge in [-0.05, 0) is 24.3 Å². The van der Waals surface area contributed by atoms with Gasteiger partial charge in [-0.25, -0.2) is 0 Å². The van der Waals surface area contributed by atoms with Gasteiger partial charge in [-0.1, -0.05) is 12.2 Å². The first-order chi connectivity index (χ1) is 8.70. The highest BCUT2D eigenvalue weighted by molar-refractivity contribution is 7.79. The molecule has 0 aliphatic carbocycles. The normalized spacial score (nSPS) is 15.4. The van der Waals surface area contributed by atoms with Crippen molar-refractivity contribution in [3.63, 3.8) is 0 Å². The first-order valence-electron chi connectivity index (χ1n) is 6.01. The molecule has 0 unspecified atom stereocenters. The number of nitrogens with one attached hydrogen (secondary N) is 1. The maximum atomic E-state index is 11.2. The molecule has 1 aliphatic heterocycles. The molecule has 0 bridgehead atoms. The summed E-state index contributed by atoms with van der Waals surface area (Å²) >= 11 is 4.75. The van der Waals surface area contributed by atoms with Crippen molar-refractivity contribution >= 4 is 35.0 Å². The Hall–Kier alpha value is -1.62. The lowest BCUT2D eigenvalue weighted by molar-refractivity contribution is -0.129. The summed E-state index contributed by atoms with van der Waals surface area (Å²) in [7, 11) is 0. The summed E-state index contributed by atoms with van der Waals surface area (Å²) in [5, 5.41) is 2.98. The van der Waals surface area contributed by atoms with Crippen molar-refractivity contribution < 1.29 is 4.79 Å². The largest absolute Gasteiger partial charge is 0.368 e. The molecular weight excluding hydrogens is 246 g/mol. The third kappa shape index (κ3) is 2.98. The van der Waals surface area contributed by atoms with Gasteiger partial charge in [0.1, 0.15) is 0 Å². The van der Waals surface area contributed by atoms with Crippen LogP contribution in [-0.4, -0.2) is 42.5 Å². The molecule has 0 radical (unpaired) electrons. The fraction of sp³-hybridized carbons (Fsp3) is 0.385. The summed E-state index contributed by atoms with van der Waals surface area (Å²) in [6, 6.07) is 8.17. The molecule has 5 heteroatoms. The van der Waals surface area contributed by atoms with Gasteiger partial charge < -0.3 is 15.1 Å². The second kappa shape index (κ2) is 5.82. The lowest BCUT2D eigenvalue weighted by atomic mass is 10.2. The fourth-order valence-electron chi connectivity index (χ4n) is 2.12. The lowest BCUT2D eigenvalue weighted by Crippen LogP contribution is -2.48. The predicted octanol–water partition coefficient (Wildman–Crippen LogP) is 1.72. The van der Waals surface area contributed by atoms with Crippen LogP contribution in [0.5, 0.6) is 0 Å². The Morgan fingerprint density at radius 1 is 1.22 bits per heavy atom. The number of nitrogens with zero attached hydrogens (tertiary/aromatic N) is 2. The van der Waals surface area contributed by atoms with Crippen LogP contribution >= 0.6 is 12.2 Å². The number of thiocarbonyl (C=S) groups is 1. The van der Waals surface area contributed by atoms with E-state index in [1.165, 1.54) is 11.2 Å². The van der Waals surface area contributed by atoms with Crippen molar-refractivity contribution in [2.24, 2.45) is 0 Å². The number of piperazine rings is 1. The molecule has 1 aromatic rings. The second-order valence-corrected chi connectivity index (χ2v) is 4.54. The van der Waals surface area contributed by atoms with Crippen LogP contribution in [0.15, 0.2) is 24.3 Å². The number of carbonyl (C=O) groups excluding carboxylic acids is 1. The molecule has 1 N–H and O–H groups in total. The molecule has 2 rings (SSSR count). The Kier molecular flexibility index (Phi) is 4.15. The Morgan fingerprint density at radius 3 is 2.33 bits per heavy atom. The van der Waals surface area contributed by atoms with Gasteiger partial charge in [0.15, 0.2) is 0 Å². The van der Waals surface area contributed by atoms with E-state index in [2.05, 4.69) is 22.3 Å². The van der Waals surface area contributed by atoms with Crippen LogP contribution in [0.2, 0.25) is 0 Å². The minimum Gasteiger partial charge on any atom is -0.368 e. The third-order valence-corrected chi connectivity index (χ3v) is 3.30. The Balaban J connectivity index is 1.96. The maximum Gasteiger partial charge on any atom is 0.219 e. The minimum absolute atomic E-state index is 0.162. The highest BCUT2D eigenvalue weighted by Gasteiger charge is 2.18. The molecule has 4 nitrogen and oxygen atoms in total. The first kappa shape index (κ1) is 12.8. The molecular formula is C13H17N3OS. The van der Waals surface area contributed by atoms with Crippen molar-refractivity contribution in [3.05, 3.63) is 24.3 Å². The molecule has 0 aromatic heterocycles. The molecule has 0 spiro atoms. The van der Waals surface area contributed by atoms with Crippen LogP contribution < -0.4 is 10.2 Å². The number of rotatable bonds is 3. The quantitative estimate of drug-likeness (QED) is 0.842. The Labute approximate surface area is 113 Å². The second-order valence-electron chi connectivity index (χ2n) is 4.30. The third-order valence-electron chi connectivity index (χ3n) is 3.18. The SMILES string of the molecule is CC(=O)N1CCN(c2ccc(NC=S)cc2)CC1. The van der Waals surface area contributed by atoms with Gasteiger partial charge in [-0.2, -0.15) is 0 Å². The standard InChI is InChI=1S/C13H17N3OS/c1-11(17)15-6-8-16(9-7-15)13-4-2-12(3-5-13)14-10-18/h2-5,10H,6-9H2,1H3,(H,14,18). The molecule has 0 saturated carbocycles. The average Bonchev–Trinajstić information content (AvgIpc) is 2.40. The van der Waals surface area contributed by atoms with Crippen molar-refractivity contribution in [3.8, 4) is 0 Å². The van der Waals surface area contributed by atoms with E-state index in [0.29, 0.717) is 0 Å². The van der Waals surface area contributed by atoms with E-state index in [1.54, 1.807) is 6.92 Å². The maximum absolute atomic E-state index is 11.2. The van der Waals surface area contributed by atoms with Gasteiger partial charge >= 0.3 is 0 Å². The summed E-state index contributed by atoms with van der Waals surface area (Å²) in [6.07, 6.45) is 0. The first-order valence-corrected chi connectivity index (χ1v) is 6.48. The van der Waals surface area contributed by atoms with Gasteiger partial charge in [-0.15, -0.1) is 0 Å². The van der Waals surface area contributed by atoms with Crippen LogP contribution in [0, 0.1) is 0 Å². The number of anilines is 2. The number of hydrogen-bond donors (Lipinski definition) is 1. The topological polar surface area (TPSA) is 35.6 Å². The molecule has 0 atom stereocenters. The Morgan fingerprint density at radius 2 is 1.83 bits per heavy atom. The molecule has 1 aliphatic rings. The van der Waals surface area contributed by atoms with Gasteiger partial charge in [0, 0.05) is 44.5 Å². The van der Waals surface area contributed by atoms with E-state index in [-0.39, 0.29) is 5.91 Å². The monoisotopic (exact) mass is 263 g/mol. The number of benzene rings is 1. The highest BCUT2D eigenvalue weighted by Crippen LogP contribution is 2.19. The van der Waals surface area contributed by atoms with Gasteiger partial charge in [0.25, 0.3) is 0 Å². The van der Waals surface area contributed by atoms with Crippen molar-refractivity contribution in [1.82, 2.24) is 4.90 Å². The lowest BCUT2D eigenvalue weighted by Gasteiger charge is -2.35. The summed E-state index contributed by atoms with van der Waals surface area (Å²) < 4.78 is 0. The number of carbonyl (C=O) groups is 1. The Bertz CT molecular complexity index is 424. The molecule has 1 fully saturated rings. The zero-order chi connectivity index (χ0) is 13.0. The van der Waals surface area contributed by atoms with Crippen molar-refractivity contribution in [2.75, 3.05) is 36.4 Å². The smallest absolute Gasteiger partial charge is 0.219 e. The molecule has 1 aromatic carbocycles. The predicted molar refractivity (Wildman–Crippen MR) is 78.2 cm³/mol. The molecule has 1 saturated heterocycles. The molecule has 96 valence electrons. The minimum atomic E-state index is 0.162. The van der Waals surface area contributed by atoms with Gasteiger partial charge in [0.05, 0.1) is 5.49 Å². The van der Waals surface area contributed by atoms with Gasteiger partial charge in [0.2, 0.25) is 5.91 Å². The number of amides is 1. The highest BCUT2D eigenvalue weighted by atomic mass is 32.1. The van der Waals surface area contributed by atoms with Crippen molar-refractivity contribution in [2.45, 2.75) is 6.92 Å². The zero-order valence-electron chi connectivity index (χ0n) is 10.4. The van der Waals surface area contributed by atoms with Gasteiger partial charge in [-0.3, -0.25) is 4.79 Å². The van der Waals surface area contributed by atoms with E-state index in [0.717, 1.165) is 31.9 Å². The van der Waals surface area contributed by atoms with E-state index in [9.17, 15) is 4.79 Å². The number of hydrogen-bond acceptors (Lipinski definition) is 3. The summed E-state index contributed by atoms with van der Waals surface area (Å²) in [4.78, 5) is 15.4. The molecule has 1 heterocycles. The zero-order valence-corrected chi connectivity index (χ0v) is 11.2. The van der Waals surface area contributed by atoms with Crippen LogP contribution in [0.3, 0.4) is 0 Å². The van der Waals surface area contributed by atoms with Crippen LogP contribution in [-0.2, 0) is 4.79 Å². The summed E-state index contributed by atoms with van der Waals surface area (Å²) in [5.41, 5.74) is 3.69. The van der Waals surface area contributed by atoms with E-state index < -0.39 is 0 Å². The van der Waals surface area contributed by atoms with Crippen LogP contribution in [0.4, 0.5) is 11.4 Å². The summed E-state index contributed by atoms with van der Waals surface area (Å²) in [5.74, 6) is 0.162. The van der Waals surface area contributed by atoms with E-state index in [4.69, 9.17) is 12.2 Å². The summed E-state index contributed by atoms with van der Waals surface area (Å²) in [6.45, 7) is 5.00. The van der Waals surface area contributed by atoms with Crippen molar-refractivity contribution in [1.29, 1.82) is 0 Å². The van der Waals surface area contributed by atoms with E-state index in [1.807, 2.05) is 17.0 Å². The molecule has 18 heavy (non-hydrogen) atoms. The fourth-order valence-corrected chi connectivity index (χ4v) is 2.25.